The van der Waals surface area contributed by atoms with E-state index in [1.54, 1.807) is 0 Å². The Balaban J connectivity index is 2.21. The van der Waals surface area contributed by atoms with Gasteiger partial charge in [-0.25, -0.2) is 9.97 Å². The van der Waals surface area contributed by atoms with E-state index in [0.717, 1.165) is 49.9 Å². The van der Waals surface area contributed by atoms with E-state index in [1.165, 1.54) is 12.8 Å². The van der Waals surface area contributed by atoms with Crippen LogP contribution in [0.25, 0.3) is 0 Å². The van der Waals surface area contributed by atoms with Crippen molar-refractivity contribution in [1.82, 2.24) is 9.97 Å². The fourth-order valence-electron chi connectivity index (χ4n) is 2.19. The molecule has 0 aliphatic heterocycles. The van der Waals surface area contributed by atoms with Crippen molar-refractivity contribution in [3.05, 3.63) is 11.9 Å². The second-order valence-corrected chi connectivity index (χ2v) is 5.25. The Bertz CT molecular complexity index is 401. The summed E-state index contributed by atoms with van der Waals surface area (Å²) in [6.45, 7) is 9.61. The predicted molar refractivity (Wildman–Crippen MR) is 81.0 cm³/mol. The molecule has 1 N–H and O–H groups in total. The van der Waals surface area contributed by atoms with Crippen molar-refractivity contribution in [1.29, 1.82) is 0 Å². The van der Waals surface area contributed by atoms with E-state index in [0.29, 0.717) is 5.92 Å². The Morgan fingerprint density at radius 3 is 2.58 bits per heavy atom. The Labute approximate surface area is 116 Å². The van der Waals surface area contributed by atoms with Gasteiger partial charge < -0.3 is 10.2 Å². The molecule has 0 saturated heterocycles. The lowest BCUT2D eigenvalue weighted by molar-refractivity contribution is 0.767. The van der Waals surface area contributed by atoms with E-state index in [1.807, 2.05) is 0 Å². The lowest BCUT2D eigenvalue weighted by Gasteiger charge is -2.22. The summed E-state index contributed by atoms with van der Waals surface area (Å²) in [5.41, 5.74) is 0. The quantitative estimate of drug-likeness (QED) is 0.779. The van der Waals surface area contributed by atoms with E-state index in [9.17, 15) is 0 Å². The summed E-state index contributed by atoms with van der Waals surface area (Å²) in [7, 11) is 0. The Morgan fingerprint density at radius 2 is 2.00 bits per heavy atom. The van der Waals surface area contributed by atoms with Gasteiger partial charge in [0.2, 0.25) is 0 Å². The van der Waals surface area contributed by atoms with Crippen molar-refractivity contribution < 1.29 is 0 Å². The normalized spacial score (nSPS) is 14.5. The molecule has 0 aromatic carbocycles. The number of nitrogens with one attached hydrogen (secondary N) is 1. The zero-order valence-electron chi connectivity index (χ0n) is 12.4. The molecule has 19 heavy (non-hydrogen) atoms. The monoisotopic (exact) mass is 262 g/mol. The van der Waals surface area contributed by atoms with Crippen molar-refractivity contribution in [3.63, 3.8) is 0 Å². The SMILES string of the molecule is CCCNc1cc(N(CC)CCC)nc(C2CC2)n1. The first kappa shape index (κ1) is 14.1. The molecule has 106 valence electrons. The molecule has 0 radical (unpaired) electrons. The van der Waals surface area contributed by atoms with Crippen LogP contribution >= 0.6 is 0 Å². The molecular weight excluding hydrogens is 236 g/mol. The summed E-state index contributed by atoms with van der Waals surface area (Å²) in [4.78, 5) is 11.8. The summed E-state index contributed by atoms with van der Waals surface area (Å²) >= 11 is 0. The van der Waals surface area contributed by atoms with Crippen molar-refractivity contribution in [3.8, 4) is 0 Å². The minimum absolute atomic E-state index is 0.599. The molecule has 1 fully saturated rings. The number of hydrogen-bond donors (Lipinski definition) is 1. The Morgan fingerprint density at radius 1 is 1.21 bits per heavy atom. The van der Waals surface area contributed by atoms with Crippen LogP contribution in [0, 0.1) is 0 Å². The van der Waals surface area contributed by atoms with E-state index in [-0.39, 0.29) is 0 Å². The van der Waals surface area contributed by atoms with Gasteiger partial charge in [-0.05, 0) is 32.6 Å². The molecule has 1 saturated carbocycles. The first-order valence-corrected chi connectivity index (χ1v) is 7.66. The predicted octanol–water partition coefficient (Wildman–Crippen LogP) is 3.41. The molecule has 1 aliphatic rings. The smallest absolute Gasteiger partial charge is 0.136 e. The maximum Gasteiger partial charge on any atom is 0.136 e. The lowest BCUT2D eigenvalue weighted by atomic mass is 10.3. The van der Waals surface area contributed by atoms with Gasteiger partial charge >= 0.3 is 0 Å². The first-order valence-electron chi connectivity index (χ1n) is 7.66. The molecule has 1 aromatic heterocycles. The van der Waals surface area contributed by atoms with Crippen LogP contribution < -0.4 is 10.2 Å². The topological polar surface area (TPSA) is 41.0 Å². The maximum atomic E-state index is 4.77. The van der Waals surface area contributed by atoms with E-state index >= 15 is 0 Å². The average Bonchev–Trinajstić information content (AvgIpc) is 3.26. The van der Waals surface area contributed by atoms with Gasteiger partial charge in [-0.15, -0.1) is 0 Å². The lowest BCUT2D eigenvalue weighted by Crippen LogP contribution is -2.25. The van der Waals surface area contributed by atoms with Crippen LogP contribution in [0.2, 0.25) is 0 Å². The van der Waals surface area contributed by atoms with Crippen LogP contribution in [-0.2, 0) is 0 Å². The van der Waals surface area contributed by atoms with Crippen molar-refractivity contribution in [2.24, 2.45) is 0 Å². The molecule has 1 heterocycles. The highest BCUT2D eigenvalue weighted by Gasteiger charge is 2.27. The third-order valence-corrected chi connectivity index (χ3v) is 3.43. The van der Waals surface area contributed by atoms with Gasteiger partial charge in [-0.3, -0.25) is 0 Å². The summed E-state index contributed by atoms with van der Waals surface area (Å²) < 4.78 is 0. The zero-order chi connectivity index (χ0) is 13.7. The van der Waals surface area contributed by atoms with Gasteiger partial charge in [0.05, 0.1) is 0 Å². The molecule has 4 nitrogen and oxygen atoms in total. The summed E-state index contributed by atoms with van der Waals surface area (Å²) in [5.74, 6) is 3.70. The molecule has 2 rings (SSSR count). The average molecular weight is 262 g/mol. The minimum Gasteiger partial charge on any atom is -0.370 e. The Hall–Kier alpha value is -1.32. The van der Waals surface area contributed by atoms with E-state index < -0.39 is 0 Å². The number of anilines is 2. The molecule has 1 aromatic rings. The van der Waals surface area contributed by atoms with Crippen molar-refractivity contribution >= 4 is 11.6 Å². The van der Waals surface area contributed by atoms with Gasteiger partial charge in [0.25, 0.3) is 0 Å². The fourth-order valence-corrected chi connectivity index (χ4v) is 2.19. The van der Waals surface area contributed by atoms with Gasteiger partial charge in [0.15, 0.2) is 0 Å². The third kappa shape index (κ3) is 3.82. The third-order valence-electron chi connectivity index (χ3n) is 3.43. The Kier molecular flexibility index (Phi) is 5.00. The van der Waals surface area contributed by atoms with Crippen LogP contribution in [0.5, 0.6) is 0 Å². The molecule has 0 atom stereocenters. The highest BCUT2D eigenvalue weighted by Crippen LogP contribution is 2.39. The summed E-state index contributed by atoms with van der Waals surface area (Å²) in [6, 6.07) is 2.10. The number of rotatable bonds is 8. The summed E-state index contributed by atoms with van der Waals surface area (Å²) in [5, 5.41) is 3.40. The minimum atomic E-state index is 0.599. The molecule has 4 heteroatoms. The van der Waals surface area contributed by atoms with Gasteiger partial charge in [-0.2, -0.15) is 0 Å². The molecule has 0 bridgehead atoms. The van der Waals surface area contributed by atoms with Crippen LogP contribution in [0.15, 0.2) is 6.07 Å². The van der Waals surface area contributed by atoms with Crippen molar-refractivity contribution in [2.75, 3.05) is 29.9 Å². The number of nitrogens with zero attached hydrogens (tertiary/aromatic N) is 3. The molecular formula is C15H26N4. The largest absolute Gasteiger partial charge is 0.370 e. The maximum absolute atomic E-state index is 4.77. The van der Waals surface area contributed by atoms with Crippen LogP contribution in [0.4, 0.5) is 11.6 Å². The van der Waals surface area contributed by atoms with Crippen LogP contribution in [-0.4, -0.2) is 29.6 Å². The van der Waals surface area contributed by atoms with Crippen LogP contribution in [0.1, 0.15) is 58.2 Å². The standard InChI is InChI=1S/C15H26N4/c1-4-9-16-13-11-14(19(6-3)10-5-2)18-15(17-13)12-7-8-12/h11-12H,4-10H2,1-3H3,(H,16,17,18). The second-order valence-electron chi connectivity index (χ2n) is 5.25. The fraction of sp³-hybridized carbons (Fsp3) is 0.733. The molecule has 0 unspecified atom stereocenters. The van der Waals surface area contributed by atoms with Gasteiger partial charge in [0.1, 0.15) is 17.5 Å². The van der Waals surface area contributed by atoms with E-state index in [2.05, 4.69) is 42.0 Å². The van der Waals surface area contributed by atoms with Gasteiger partial charge in [0, 0.05) is 31.6 Å². The van der Waals surface area contributed by atoms with Crippen molar-refractivity contribution in [2.45, 2.75) is 52.4 Å². The molecule has 0 spiro atoms. The highest BCUT2D eigenvalue weighted by molar-refractivity contribution is 5.50. The first-order chi connectivity index (χ1) is 9.28. The molecule has 0 amide bonds. The second kappa shape index (κ2) is 6.73. The summed E-state index contributed by atoms with van der Waals surface area (Å²) in [6.07, 6.45) is 4.76. The van der Waals surface area contributed by atoms with Crippen LogP contribution in [0.3, 0.4) is 0 Å². The number of hydrogen-bond acceptors (Lipinski definition) is 4. The zero-order valence-corrected chi connectivity index (χ0v) is 12.4. The molecule has 1 aliphatic carbocycles. The number of aromatic nitrogens is 2. The van der Waals surface area contributed by atoms with Gasteiger partial charge in [-0.1, -0.05) is 13.8 Å². The van der Waals surface area contributed by atoms with E-state index in [4.69, 9.17) is 4.98 Å². The highest BCUT2D eigenvalue weighted by atomic mass is 15.2.